The van der Waals surface area contributed by atoms with E-state index in [0.29, 0.717) is 11.8 Å². The van der Waals surface area contributed by atoms with Crippen molar-refractivity contribution >= 4 is 16.8 Å². The molecular weight excluding hydrogens is 264 g/mol. The van der Waals surface area contributed by atoms with Gasteiger partial charge in [0.1, 0.15) is 5.75 Å². The van der Waals surface area contributed by atoms with Crippen LogP contribution in [0.2, 0.25) is 0 Å². The van der Waals surface area contributed by atoms with Gasteiger partial charge >= 0.3 is 0 Å². The summed E-state index contributed by atoms with van der Waals surface area (Å²) in [6, 6.07) is 10.1. The van der Waals surface area contributed by atoms with Gasteiger partial charge in [-0.2, -0.15) is 0 Å². The van der Waals surface area contributed by atoms with E-state index in [0.717, 1.165) is 23.7 Å². The first-order valence-corrected chi connectivity index (χ1v) is 7.58. The van der Waals surface area contributed by atoms with Crippen LogP contribution in [0.5, 0.6) is 5.75 Å². The highest BCUT2D eigenvalue weighted by Crippen LogP contribution is 2.19. The van der Waals surface area contributed by atoms with Crippen LogP contribution in [0, 0.1) is 0 Å². The fourth-order valence-corrected chi connectivity index (χ4v) is 2.79. The van der Waals surface area contributed by atoms with Crippen LogP contribution < -0.4 is 10.1 Å². The molecule has 0 radical (unpaired) electrons. The Labute approximate surface area is 124 Å². The van der Waals surface area contributed by atoms with Crippen molar-refractivity contribution in [2.24, 2.45) is 0 Å². The standard InChI is InChI=1S/C17H20N2O2/c20-17(19-14-7-2-1-3-8-14)12-21-15-10-13-6-4-5-9-16(13)18-11-15/h4-6,9-11,14H,1-3,7-8,12H2,(H,19,20). The van der Waals surface area contributed by atoms with Crippen LogP contribution in [0.1, 0.15) is 32.1 Å². The van der Waals surface area contributed by atoms with Crippen molar-refractivity contribution in [1.29, 1.82) is 0 Å². The molecule has 4 heteroatoms. The molecule has 1 aromatic heterocycles. The van der Waals surface area contributed by atoms with E-state index in [1.165, 1.54) is 19.3 Å². The van der Waals surface area contributed by atoms with Gasteiger partial charge in [-0.25, -0.2) is 0 Å². The summed E-state index contributed by atoms with van der Waals surface area (Å²) < 4.78 is 5.54. The summed E-state index contributed by atoms with van der Waals surface area (Å²) >= 11 is 0. The lowest BCUT2D eigenvalue weighted by atomic mass is 9.95. The molecule has 0 atom stereocenters. The van der Waals surface area contributed by atoms with Gasteiger partial charge in [0.05, 0.1) is 11.7 Å². The molecule has 0 spiro atoms. The Morgan fingerprint density at radius 3 is 2.90 bits per heavy atom. The fraction of sp³-hybridized carbons (Fsp3) is 0.412. The van der Waals surface area contributed by atoms with Crippen LogP contribution >= 0.6 is 0 Å². The van der Waals surface area contributed by atoms with Gasteiger partial charge in [-0.05, 0) is 25.0 Å². The normalized spacial score (nSPS) is 15.8. The number of carbonyl (C=O) groups is 1. The molecular formula is C17H20N2O2. The number of fused-ring (bicyclic) bond motifs is 1. The number of amides is 1. The quantitative estimate of drug-likeness (QED) is 0.938. The van der Waals surface area contributed by atoms with Crippen LogP contribution in [-0.2, 0) is 4.79 Å². The third kappa shape index (κ3) is 3.72. The van der Waals surface area contributed by atoms with Gasteiger partial charge in [-0.15, -0.1) is 0 Å². The van der Waals surface area contributed by atoms with E-state index in [2.05, 4.69) is 10.3 Å². The van der Waals surface area contributed by atoms with Gasteiger partial charge in [0.15, 0.2) is 6.61 Å². The van der Waals surface area contributed by atoms with Gasteiger partial charge in [0.25, 0.3) is 5.91 Å². The lowest BCUT2D eigenvalue weighted by Gasteiger charge is -2.22. The average Bonchev–Trinajstić information content (AvgIpc) is 2.54. The number of carbonyl (C=O) groups excluding carboxylic acids is 1. The van der Waals surface area contributed by atoms with Crippen molar-refractivity contribution in [2.75, 3.05) is 6.61 Å². The van der Waals surface area contributed by atoms with Crippen LogP contribution in [0.15, 0.2) is 36.5 Å². The number of benzene rings is 1. The van der Waals surface area contributed by atoms with Gasteiger partial charge in [-0.3, -0.25) is 9.78 Å². The Morgan fingerprint density at radius 2 is 2.05 bits per heavy atom. The molecule has 110 valence electrons. The minimum absolute atomic E-state index is 0.0462. The minimum Gasteiger partial charge on any atom is -0.482 e. The molecule has 1 heterocycles. The molecule has 21 heavy (non-hydrogen) atoms. The summed E-state index contributed by atoms with van der Waals surface area (Å²) in [5.41, 5.74) is 0.927. The second kappa shape index (κ2) is 6.57. The number of rotatable bonds is 4. The molecule has 1 aliphatic rings. The van der Waals surface area contributed by atoms with Crippen molar-refractivity contribution in [1.82, 2.24) is 10.3 Å². The van der Waals surface area contributed by atoms with Crippen molar-refractivity contribution < 1.29 is 9.53 Å². The van der Waals surface area contributed by atoms with E-state index in [-0.39, 0.29) is 12.5 Å². The monoisotopic (exact) mass is 284 g/mol. The zero-order valence-corrected chi connectivity index (χ0v) is 12.0. The number of para-hydroxylation sites is 1. The first kappa shape index (κ1) is 13.9. The largest absolute Gasteiger partial charge is 0.482 e. The lowest BCUT2D eigenvalue weighted by molar-refractivity contribution is -0.124. The molecule has 0 unspecified atom stereocenters. The van der Waals surface area contributed by atoms with E-state index in [4.69, 9.17) is 4.74 Å². The maximum Gasteiger partial charge on any atom is 0.258 e. The third-order valence-electron chi connectivity index (χ3n) is 3.91. The molecule has 0 saturated heterocycles. The van der Waals surface area contributed by atoms with E-state index in [1.54, 1.807) is 6.20 Å². The number of hydrogen-bond acceptors (Lipinski definition) is 3. The van der Waals surface area contributed by atoms with Crippen molar-refractivity contribution in [3.05, 3.63) is 36.5 Å². The average molecular weight is 284 g/mol. The fourth-order valence-electron chi connectivity index (χ4n) is 2.79. The molecule has 0 aliphatic heterocycles. The number of aromatic nitrogens is 1. The molecule has 0 bridgehead atoms. The van der Waals surface area contributed by atoms with E-state index in [1.807, 2.05) is 30.3 Å². The molecule has 1 amide bonds. The highest BCUT2D eigenvalue weighted by molar-refractivity contribution is 5.80. The van der Waals surface area contributed by atoms with Crippen LogP contribution in [-0.4, -0.2) is 23.5 Å². The number of pyridine rings is 1. The molecule has 1 fully saturated rings. The number of ether oxygens (including phenoxy) is 1. The van der Waals surface area contributed by atoms with Crippen LogP contribution in [0.25, 0.3) is 10.9 Å². The third-order valence-corrected chi connectivity index (χ3v) is 3.91. The van der Waals surface area contributed by atoms with Crippen molar-refractivity contribution in [2.45, 2.75) is 38.1 Å². The highest BCUT2D eigenvalue weighted by atomic mass is 16.5. The summed E-state index contributed by atoms with van der Waals surface area (Å²) in [5.74, 6) is 0.586. The SMILES string of the molecule is O=C(COc1cnc2ccccc2c1)NC1CCCCC1. The second-order valence-electron chi connectivity index (χ2n) is 5.55. The summed E-state index contributed by atoms with van der Waals surface area (Å²) in [4.78, 5) is 16.2. The van der Waals surface area contributed by atoms with E-state index in [9.17, 15) is 4.79 Å². The minimum atomic E-state index is -0.0462. The smallest absolute Gasteiger partial charge is 0.258 e. The first-order chi connectivity index (χ1) is 10.3. The Kier molecular flexibility index (Phi) is 4.34. The summed E-state index contributed by atoms with van der Waals surface area (Å²) in [6.45, 7) is 0.0521. The molecule has 1 saturated carbocycles. The van der Waals surface area contributed by atoms with Crippen LogP contribution in [0.4, 0.5) is 0 Å². The molecule has 1 aromatic carbocycles. The maximum atomic E-state index is 11.9. The van der Waals surface area contributed by atoms with E-state index >= 15 is 0 Å². The summed E-state index contributed by atoms with van der Waals surface area (Å²) in [5, 5.41) is 4.06. The Hall–Kier alpha value is -2.10. The topological polar surface area (TPSA) is 51.2 Å². The molecule has 3 rings (SSSR count). The number of nitrogens with zero attached hydrogens (tertiary/aromatic N) is 1. The summed E-state index contributed by atoms with van der Waals surface area (Å²) in [6.07, 6.45) is 7.54. The predicted octanol–water partition coefficient (Wildman–Crippen LogP) is 3.06. The van der Waals surface area contributed by atoms with Gasteiger partial charge < -0.3 is 10.1 Å². The van der Waals surface area contributed by atoms with Gasteiger partial charge in [-0.1, -0.05) is 37.5 Å². The van der Waals surface area contributed by atoms with Gasteiger partial charge in [0.2, 0.25) is 0 Å². The molecule has 4 nitrogen and oxygen atoms in total. The number of hydrogen-bond donors (Lipinski definition) is 1. The zero-order valence-electron chi connectivity index (χ0n) is 12.0. The van der Waals surface area contributed by atoms with E-state index < -0.39 is 0 Å². The first-order valence-electron chi connectivity index (χ1n) is 7.58. The Morgan fingerprint density at radius 1 is 1.24 bits per heavy atom. The highest BCUT2D eigenvalue weighted by Gasteiger charge is 2.15. The van der Waals surface area contributed by atoms with Crippen molar-refractivity contribution in [3.63, 3.8) is 0 Å². The molecule has 1 N–H and O–H groups in total. The predicted molar refractivity (Wildman–Crippen MR) is 82.3 cm³/mol. The van der Waals surface area contributed by atoms with Gasteiger partial charge in [0, 0.05) is 11.4 Å². The van der Waals surface area contributed by atoms with Crippen molar-refractivity contribution in [3.8, 4) is 5.75 Å². The van der Waals surface area contributed by atoms with Crippen LogP contribution in [0.3, 0.4) is 0 Å². The lowest BCUT2D eigenvalue weighted by Crippen LogP contribution is -2.38. The second-order valence-corrected chi connectivity index (χ2v) is 5.55. The molecule has 1 aliphatic carbocycles. The zero-order chi connectivity index (χ0) is 14.5. The molecule has 2 aromatic rings. The Bertz CT molecular complexity index is 621. The number of nitrogens with one attached hydrogen (secondary N) is 1. The summed E-state index contributed by atoms with van der Waals surface area (Å²) in [7, 11) is 0. The Balaban J connectivity index is 1.54. The maximum absolute atomic E-state index is 11.9.